The number of rotatable bonds is 5. The van der Waals surface area contributed by atoms with Crippen LogP contribution >= 0.6 is 0 Å². The highest BCUT2D eigenvalue weighted by molar-refractivity contribution is 6.15. The molecule has 0 spiro atoms. The number of ether oxygens (including phenoxy) is 1. The molecule has 0 amide bonds. The Morgan fingerprint density at radius 3 is 2.63 bits per heavy atom. The lowest BCUT2D eigenvalue weighted by atomic mass is 9.98. The van der Waals surface area contributed by atoms with Crippen LogP contribution in [0, 0.1) is 21.4 Å². The van der Waals surface area contributed by atoms with Crippen LogP contribution in [-0.4, -0.2) is 17.8 Å². The van der Waals surface area contributed by atoms with Gasteiger partial charge in [-0.2, -0.15) is 5.26 Å². The number of methoxy groups -OCH3 is 1. The number of fused-ring (bicyclic) bond motifs is 1. The fourth-order valence-corrected chi connectivity index (χ4v) is 2.81. The third-order valence-electron chi connectivity index (χ3n) is 4.12. The minimum absolute atomic E-state index is 0.0798. The molecule has 0 saturated heterocycles. The lowest BCUT2D eigenvalue weighted by molar-refractivity contribution is -0.384. The maximum Gasteiger partial charge on any atom is 0.270 e. The fraction of sp³-hybridized carbons (Fsp3) is 0.0476. The Morgan fingerprint density at radius 1 is 1.15 bits per heavy atom. The number of nitrogens with zero attached hydrogens (tertiary/aromatic N) is 2. The number of Topliss-reactive ketones (excluding diaryl/α,β-unsaturated/α-hetero) is 1. The molecule has 3 aromatic rings. The summed E-state index contributed by atoms with van der Waals surface area (Å²) in [5, 5.41) is 22.2. The maximum absolute atomic E-state index is 12.7. The average molecular weight is 358 g/mol. The van der Waals surface area contributed by atoms with Crippen LogP contribution in [0.25, 0.3) is 16.8 Å². The van der Waals surface area contributed by atoms with Gasteiger partial charge in [-0.1, -0.05) is 42.5 Å². The van der Waals surface area contributed by atoms with Crippen LogP contribution in [-0.2, 0) is 0 Å². The number of hydrogen-bond donors (Lipinski definition) is 0. The van der Waals surface area contributed by atoms with Crippen LogP contribution in [0.1, 0.15) is 15.9 Å². The summed E-state index contributed by atoms with van der Waals surface area (Å²) in [6, 6.07) is 18.4. The van der Waals surface area contributed by atoms with Crippen molar-refractivity contribution in [3.8, 4) is 11.8 Å². The van der Waals surface area contributed by atoms with Crippen LogP contribution in [0.15, 0.2) is 66.2 Å². The molecule has 0 atom stereocenters. The summed E-state index contributed by atoms with van der Waals surface area (Å²) < 4.78 is 5.38. The van der Waals surface area contributed by atoms with E-state index in [0.717, 1.165) is 16.8 Å². The van der Waals surface area contributed by atoms with Crippen molar-refractivity contribution in [2.75, 3.05) is 7.11 Å². The zero-order chi connectivity index (χ0) is 19.4. The van der Waals surface area contributed by atoms with Gasteiger partial charge in [-0.25, -0.2) is 0 Å². The predicted octanol–water partition coefficient (Wildman–Crippen LogP) is 4.55. The summed E-state index contributed by atoms with van der Waals surface area (Å²) in [5.41, 5.74) is 0.341. The van der Waals surface area contributed by atoms with Crippen LogP contribution < -0.4 is 4.74 Å². The predicted molar refractivity (Wildman–Crippen MR) is 102 cm³/mol. The normalized spacial score (nSPS) is 11.0. The first kappa shape index (κ1) is 17.8. The SMILES string of the molecule is COc1ccc2ccccc2c1C=C(C#N)C(=O)c1cccc([N+](=O)[O-])c1. The van der Waals surface area contributed by atoms with Gasteiger partial charge in [0.2, 0.25) is 5.78 Å². The van der Waals surface area contributed by atoms with Gasteiger partial charge in [0, 0.05) is 23.3 Å². The molecule has 0 aliphatic heterocycles. The number of ketones is 1. The Kier molecular flexibility index (Phi) is 4.95. The third kappa shape index (κ3) is 3.53. The van der Waals surface area contributed by atoms with Crippen molar-refractivity contribution in [2.24, 2.45) is 0 Å². The van der Waals surface area contributed by atoms with Gasteiger partial charge in [-0.15, -0.1) is 0 Å². The van der Waals surface area contributed by atoms with Gasteiger partial charge in [0.25, 0.3) is 5.69 Å². The van der Waals surface area contributed by atoms with E-state index in [1.165, 1.54) is 31.4 Å². The highest BCUT2D eigenvalue weighted by Crippen LogP contribution is 2.30. The van der Waals surface area contributed by atoms with Crippen LogP contribution in [0.3, 0.4) is 0 Å². The van der Waals surface area contributed by atoms with E-state index in [9.17, 15) is 20.2 Å². The van der Waals surface area contributed by atoms with Crippen molar-refractivity contribution < 1.29 is 14.5 Å². The van der Waals surface area contributed by atoms with Crippen molar-refractivity contribution in [1.82, 2.24) is 0 Å². The maximum atomic E-state index is 12.7. The van der Waals surface area contributed by atoms with E-state index in [0.29, 0.717) is 11.3 Å². The summed E-state index contributed by atoms with van der Waals surface area (Å²) in [6.07, 6.45) is 1.46. The molecule has 0 unspecified atom stereocenters. The Bertz CT molecular complexity index is 1130. The molecule has 0 bridgehead atoms. The molecule has 132 valence electrons. The quantitative estimate of drug-likeness (QED) is 0.219. The molecule has 0 fully saturated rings. The van der Waals surface area contributed by atoms with E-state index >= 15 is 0 Å². The number of nitro groups is 1. The molecule has 27 heavy (non-hydrogen) atoms. The van der Waals surface area contributed by atoms with Gasteiger partial charge in [-0.3, -0.25) is 14.9 Å². The standard InChI is InChI=1S/C21H14N2O4/c1-27-20-10-9-14-5-2-3-8-18(14)19(20)12-16(13-22)21(24)15-6-4-7-17(11-15)23(25)26/h2-12H,1H3. The molecule has 0 N–H and O–H groups in total. The highest BCUT2D eigenvalue weighted by atomic mass is 16.6. The summed E-state index contributed by atoms with van der Waals surface area (Å²) in [7, 11) is 1.51. The Labute approximate surface area is 155 Å². The number of nitriles is 1. The fourth-order valence-electron chi connectivity index (χ4n) is 2.81. The molecular weight excluding hydrogens is 344 g/mol. The van der Waals surface area contributed by atoms with Crippen LogP contribution in [0.2, 0.25) is 0 Å². The van der Waals surface area contributed by atoms with Crippen molar-refractivity contribution in [3.63, 3.8) is 0 Å². The van der Waals surface area contributed by atoms with Crippen LogP contribution in [0.4, 0.5) is 5.69 Å². The second-order valence-corrected chi connectivity index (χ2v) is 5.71. The molecule has 0 aromatic heterocycles. The van der Waals surface area contributed by atoms with Gasteiger partial charge in [0.1, 0.15) is 17.4 Å². The number of hydrogen-bond acceptors (Lipinski definition) is 5. The first-order chi connectivity index (χ1) is 13.0. The molecule has 0 aliphatic rings. The van der Waals surface area contributed by atoms with E-state index < -0.39 is 10.7 Å². The largest absolute Gasteiger partial charge is 0.496 e. The summed E-state index contributed by atoms with van der Waals surface area (Å²) in [5.74, 6) is -0.0653. The van der Waals surface area contributed by atoms with E-state index in [-0.39, 0.29) is 16.8 Å². The molecule has 0 heterocycles. The molecule has 6 nitrogen and oxygen atoms in total. The smallest absolute Gasteiger partial charge is 0.270 e. The van der Waals surface area contributed by atoms with Gasteiger partial charge < -0.3 is 4.74 Å². The summed E-state index contributed by atoms with van der Waals surface area (Å²) >= 11 is 0. The van der Waals surface area contributed by atoms with Gasteiger partial charge in [0.15, 0.2) is 0 Å². The molecule has 0 aliphatic carbocycles. The zero-order valence-corrected chi connectivity index (χ0v) is 14.4. The second-order valence-electron chi connectivity index (χ2n) is 5.71. The number of allylic oxidation sites excluding steroid dienone is 1. The lowest BCUT2D eigenvalue weighted by Gasteiger charge is -2.09. The van der Waals surface area contributed by atoms with Gasteiger partial charge >= 0.3 is 0 Å². The summed E-state index contributed by atoms with van der Waals surface area (Å²) in [6.45, 7) is 0. The highest BCUT2D eigenvalue weighted by Gasteiger charge is 2.17. The summed E-state index contributed by atoms with van der Waals surface area (Å²) in [4.78, 5) is 23.1. The molecule has 0 saturated carbocycles. The third-order valence-corrected chi connectivity index (χ3v) is 4.12. The minimum atomic E-state index is -0.587. The van der Waals surface area contributed by atoms with E-state index in [2.05, 4.69) is 0 Å². The van der Waals surface area contributed by atoms with E-state index in [1.54, 1.807) is 6.07 Å². The number of nitro benzene ring substituents is 1. The first-order valence-corrected chi connectivity index (χ1v) is 8.02. The molecule has 0 radical (unpaired) electrons. The van der Waals surface area contributed by atoms with Crippen molar-refractivity contribution in [3.05, 3.63) is 87.5 Å². The number of carbonyl (C=O) groups excluding carboxylic acids is 1. The Balaban J connectivity index is 2.14. The minimum Gasteiger partial charge on any atom is -0.496 e. The molecule has 3 rings (SSSR count). The molecular formula is C21H14N2O4. The Morgan fingerprint density at radius 2 is 1.93 bits per heavy atom. The molecule has 6 heteroatoms. The van der Waals surface area contributed by atoms with Gasteiger partial charge in [-0.05, 0) is 22.9 Å². The van der Waals surface area contributed by atoms with Crippen molar-refractivity contribution in [2.45, 2.75) is 0 Å². The number of benzene rings is 3. The Hall–Kier alpha value is -3.98. The topological polar surface area (TPSA) is 93.2 Å². The first-order valence-electron chi connectivity index (χ1n) is 8.02. The lowest BCUT2D eigenvalue weighted by Crippen LogP contribution is -2.03. The zero-order valence-electron chi connectivity index (χ0n) is 14.4. The monoisotopic (exact) mass is 358 g/mol. The van der Waals surface area contributed by atoms with E-state index in [1.807, 2.05) is 36.4 Å². The van der Waals surface area contributed by atoms with Crippen molar-refractivity contribution in [1.29, 1.82) is 5.26 Å². The number of non-ortho nitro benzene ring substituents is 1. The molecule has 3 aromatic carbocycles. The number of carbonyl (C=O) groups is 1. The van der Waals surface area contributed by atoms with Crippen LogP contribution in [0.5, 0.6) is 5.75 Å². The van der Waals surface area contributed by atoms with E-state index in [4.69, 9.17) is 4.74 Å². The van der Waals surface area contributed by atoms with Gasteiger partial charge in [0.05, 0.1) is 12.0 Å². The van der Waals surface area contributed by atoms with Crippen molar-refractivity contribution >= 4 is 28.3 Å². The average Bonchev–Trinajstić information content (AvgIpc) is 2.71. The second kappa shape index (κ2) is 7.50.